The number of carbonyl (C=O) groups excluding carboxylic acids is 2. The zero-order valence-corrected chi connectivity index (χ0v) is 14.3. The monoisotopic (exact) mass is 336 g/mol. The molecule has 24 heavy (non-hydrogen) atoms. The molecule has 2 heterocycles. The molecule has 132 valence electrons. The minimum Gasteiger partial charge on any atom is -0.377 e. The van der Waals surface area contributed by atoms with Crippen LogP contribution in [0.1, 0.15) is 16.9 Å². The molecule has 1 unspecified atom stereocenters. The highest BCUT2D eigenvalue weighted by atomic mass is 16.5. The highest BCUT2D eigenvalue weighted by Crippen LogP contribution is 2.22. The molecule has 0 aliphatic carbocycles. The van der Waals surface area contributed by atoms with E-state index in [0.29, 0.717) is 24.7 Å². The van der Waals surface area contributed by atoms with Crippen LogP contribution in [0.25, 0.3) is 0 Å². The van der Waals surface area contributed by atoms with Crippen molar-refractivity contribution in [3.05, 3.63) is 23.9 Å². The standard InChI is InChI=1S/C16H24N4O4/c1-17-13-6-4-5-12(19-13)15(22)20-7-8-24-11-16(10-20,23-3)9-14(21)18-2/h4-6H,7-11H2,1-3H3,(H,17,19)(H,18,21). The summed E-state index contributed by atoms with van der Waals surface area (Å²) in [5.74, 6) is 0.247. The van der Waals surface area contributed by atoms with Gasteiger partial charge in [0, 0.05) is 27.7 Å². The van der Waals surface area contributed by atoms with Gasteiger partial charge in [-0.05, 0) is 12.1 Å². The van der Waals surface area contributed by atoms with Gasteiger partial charge in [0.2, 0.25) is 5.91 Å². The lowest BCUT2D eigenvalue weighted by molar-refractivity contribution is -0.131. The lowest BCUT2D eigenvalue weighted by Crippen LogP contribution is -2.50. The average molecular weight is 336 g/mol. The number of carbonyl (C=O) groups is 2. The molecule has 1 aromatic rings. The van der Waals surface area contributed by atoms with Crippen molar-refractivity contribution >= 4 is 17.6 Å². The maximum Gasteiger partial charge on any atom is 0.272 e. The Labute approximate surface area is 141 Å². The zero-order valence-electron chi connectivity index (χ0n) is 14.3. The fourth-order valence-corrected chi connectivity index (χ4v) is 2.62. The van der Waals surface area contributed by atoms with E-state index in [-0.39, 0.29) is 31.4 Å². The number of methoxy groups -OCH3 is 1. The number of nitrogens with zero attached hydrogens (tertiary/aromatic N) is 2. The van der Waals surface area contributed by atoms with Crippen LogP contribution in [0.3, 0.4) is 0 Å². The first-order valence-corrected chi connectivity index (χ1v) is 7.81. The quantitative estimate of drug-likeness (QED) is 0.793. The summed E-state index contributed by atoms with van der Waals surface area (Å²) in [6.07, 6.45) is 0.119. The second-order valence-corrected chi connectivity index (χ2v) is 5.67. The molecule has 0 radical (unpaired) electrons. The first-order chi connectivity index (χ1) is 11.5. The molecule has 8 nitrogen and oxygen atoms in total. The third kappa shape index (κ3) is 4.21. The SMILES string of the molecule is CNC(=O)CC1(OC)COCCN(C(=O)c2cccc(NC)n2)C1. The van der Waals surface area contributed by atoms with Gasteiger partial charge in [-0.1, -0.05) is 6.07 Å². The molecular weight excluding hydrogens is 312 g/mol. The molecule has 2 rings (SSSR count). The largest absolute Gasteiger partial charge is 0.377 e. The van der Waals surface area contributed by atoms with Crippen molar-refractivity contribution in [2.45, 2.75) is 12.0 Å². The van der Waals surface area contributed by atoms with Crippen LogP contribution in [0, 0.1) is 0 Å². The fourth-order valence-electron chi connectivity index (χ4n) is 2.62. The molecule has 1 aliphatic rings. The Morgan fingerprint density at radius 1 is 1.42 bits per heavy atom. The van der Waals surface area contributed by atoms with E-state index in [9.17, 15) is 9.59 Å². The van der Waals surface area contributed by atoms with Crippen LogP contribution in [-0.2, 0) is 14.3 Å². The molecule has 1 fully saturated rings. The van der Waals surface area contributed by atoms with Gasteiger partial charge in [-0.3, -0.25) is 9.59 Å². The second kappa shape index (κ2) is 8.07. The number of rotatable bonds is 5. The zero-order chi connectivity index (χ0) is 17.6. The van der Waals surface area contributed by atoms with Crippen molar-refractivity contribution in [2.24, 2.45) is 0 Å². The smallest absolute Gasteiger partial charge is 0.272 e. The van der Waals surface area contributed by atoms with Crippen LogP contribution in [0.4, 0.5) is 5.82 Å². The van der Waals surface area contributed by atoms with Gasteiger partial charge in [0.25, 0.3) is 5.91 Å². The lowest BCUT2D eigenvalue weighted by Gasteiger charge is -2.33. The summed E-state index contributed by atoms with van der Waals surface area (Å²) >= 11 is 0. The molecule has 0 aromatic carbocycles. The van der Waals surface area contributed by atoms with Crippen molar-refractivity contribution in [3.63, 3.8) is 0 Å². The van der Waals surface area contributed by atoms with Crippen LogP contribution >= 0.6 is 0 Å². The van der Waals surface area contributed by atoms with Gasteiger partial charge >= 0.3 is 0 Å². The van der Waals surface area contributed by atoms with E-state index in [1.165, 1.54) is 7.11 Å². The number of aromatic nitrogens is 1. The molecule has 1 saturated heterocycles. The van der Waals surface area contributed by atoms with Crippen molar-refractivity contribution < 1.29 is 19.1 Å². The summed E-state index contributed by atoms with van der Waals surface area (Å²) in [7, 11) is 4.84. The summed E-state index contributed by atoms with van der Waals surface area (Å²) in [6, 6.07) is 5.23. The van der Waals surface area contributed by atoms with E-state index in [0.717, 1.165) is 0 Å². The molecule has 8 heteroatoms. The number of hydrogen-bond acceptors (Lipinski definition) is 6. The Morgan fingerprint density at radius 2 is 2.21 bits per heavy atom. The Balaban J connectivity index is 2.21. The van der Waals surface area contributed by atoms with Crippen molar-refractivity contribution in [2.75, 3.05) is 52.8 Å². The van der Waals surface area contributed by atoms with E-state index in [2.05, 4.69) is 15.6 Å². The number of ether oxygens (including phenoxy) is 2. The third-order valence-electron chi connectivity index (χ3n) is 4.06. The van der Waals surface area contributed by atoms with E-state index in [4.69, 9.17) is 9.47 Å². The van der Waals surface area contributed by atoms with Crippen LogP contribution in [0.15, 0.2) is 18.2 Å². The highest BCUT2D eigenvalue weighted by Gasteiger charge is 2.38. The van der Waals surface area contributed by atoms with Crippen molar-refractivity contribution in [3.8, 4) is 0 Å². The molecule has 1 aliphatic heterocycles. The van der Waals surface area contributed by atoms with Gasteiger partial charge in [-0.25, -0.2) is 4.98 Å². The minimum atomic E-state index is -0.868. The van der Waals surface area contributed by atoms with Crippen molar-refractivity contribution in [1.82, 2.24) is 15.2 Å². The molecule has 0 saturated carbocycles. The summed E-state index contributed by atoms with van der Waals surface area (Å²) in [5, 5.41) is 5.50. The van der Waals surface area contributed by atoms with Gasteiger partial charge in [0.15, 0.2) is 0 Å². The van der Waals surface area contributed by atoms with Gasteiger partial charge < -0.3 is 25.0 Å². The highest BCUT2D eigenvalue weighted by molar-refractivity contribution is 5.92. The maximum absolute atomic E-state index is 12.8. The first-order valence-electron chi connectivity index (χ1n) is 7.81. The molecule has 1 atom stereocenters. The normalized spacial score (nSPS) is 21.0. The first kappa shape index (κ1) is 18.2. The molecule has 2 amide bonds. The molecule has 2 N–H and O–H groups in total. The van der Waals surface area contributed by atoms with Gasteiger partial charge in [0.05, 0.1) is 26.2 Å². The Hall–Kier alpha value is -2.19. The van der Waals surface area contributed by atoms with E-state index >= 15 is 0 Å². The lowest BCUT2D eigenvalue weighted by atomic mass is 9.99. The minimum absolute atomic E-state index is 0.119. The molecule has 0 spiro atoms. The van der Waals surface area contributed by atoms with Crippen molar-refractivity contribution in [1.29, 1.82) is 0 Å². The Bertz CT molecular complexity index is 595. The van der Waals surface area contributed by atoms with Crippen LogP contribution in [0.5, 0.6) is 0 Å². The predicted octanol–water partition coefficient (Wildman–Crippen LogP) is 0.117. The number of amides is 2. The van der Waals surface area contributed by atoms with E-state index in [1.807, 2.05) is 0 Å². The number of pyridine rings is 1. The third-order valence-corrected chi connectivity index (χ3v) is 4.06. The topological polar surface area (TPSA) is 92.8 Å². The summed E-state index contributed by atoms with van der Waals surface area (Å²) in [6.45, 7) is 1.32. The maximum atomic E-state index is 12.8. The average Bonchev–Trinajstić information content (AvgIpc) is 2.84. The van der Waals surface area contributed by atoms with E-state index < -0.39 is 5.60 Å². The summed E-state index contributed by atoms with van der Waals surface area (Å²) < 4.78 is 11.2. The number of nitrogens with one attached hydrogen (secondary N) is 2. The Morgan fingerprint density at radius 3 is 2.88 bits per heavy atom. The molecule has 0 bridgehead atoms. The summed E-state index contributed by atoms with van der Waals surface area (Å²) in [5.41, 5.74) is -0.527. The predicted molar refractivity (Wildman–Crippen MR) is 88.9 cm³/mol. The van der Waals surface area contributed by atoms with Crippen LogP contribution < -0.4 is 10.6 Å². The molecule has 1 aromatic heterocycles. The number of hydrogen-bond donors (Lipinski definition) is 2. The van der Waals surface area contributed by atoms with Crippen LogP contribution in [-0.4, -0.2) is 74.8 Å². The van der Waals surface area contributed by atoms with Gasteiger partial charge in [-0.15, -0.1) is 0 Å². The van der Waals surface area contributed by atoms with Gasteiger partial charge in [-0.2, -0.15) is 0 Å². The molecular formula is C16H24N4O4. The van der Waals surface area contributed by atoms with Crippen LogP contribution in [0.2, 0.25) is 0 Å². The van der Waals surface area contributed by atoms with Gasteiger partial charge in [0.1, 0.15) is 17.1 Å². The van der Waals surface area contributed by atoms with E-state index in [1.54, 1.807) is 37.2 Å². The fraction of sp³-hybridized carbons (Fsp3) is 0.562. The second-order valence-electron chi connectivity index (χ2n) is 5.67. The number of anilines is 1. The Kier molecular flexibility index (Phi) is 6.10. The summed E-state index contributed by atoms with van der Waals surface area (Å²) in [4.78, 5) is 30.5.